The van der Waals surface area contributed by atoms with E-state index in [4.69, 9.17) is 0 Å². The zero-order chi connectivity index (χ0) is 19.0. The van der Waals surface area contributed by atoms with E-state index < -0.39 is 23.1 Å². The fraction of sp³-hybridized carbons (Fsp3) is 0.278. The molecule has 2 aromatic heterocycles. The number of piperidine rings is 1. The van der Waals surface area contributed by atoms with Crippen molar-refractivity contribution in [3.63, 3.8) is 0 Å². The van der Waals surface area contributed by atoms with Gasteiger partial charge in [-0.05, 0) is 30.7 Å². The number of benzene rings is 1. The first-order valence-corrected chi connectivity index (χ1v) is 9.34. The molecule has 2 N–H and O–H groups in total. The molecule has 2 unspecified atom stereocenters. The minimum absolute atomic E-state index is 0.0551. The zero-order valence-electron chi connectivity index (χ0n) is 14.1. The molecule has 2 atom stereocenters. The molecular weight excluding hydrogens is 374 g/mol. The molecule has 0 bridgehead atoms. The highest BCUT2D eigenvalue weighted by Gasteiger charge is 2.29. The summed E-state index contributed by atoms with van der Waals surface area (Å²) in [7, 11) is 0. The first kappa shape index (κ1) is 17.7. The molecule has 0 radical (unpaired) electrons. The largest absolute Gasteiger partial charge is 0.347 e. The molecule has 1 aliphatic rings. The predicted octanol–water partition coefficient (Wildman–Crippen LogP) is 1.91. The minimum atomic E-state index is -0.915. The SMILES string of the molecule is O=C(NC1CNCCC1c1ccc(F)c(F)c1)c1cnc2sccn2c1=O. The Morgan fingerprint density at radius 2 is 2.19 bits per heavy atom. The van der Waals surface area contributed by atoms with Gasteiger partial charge in [-0.15, -0.1) is 11.3 Å². The maximum absolute atomic E-state index is 13.6. The predicted molar refractivity (Wildman–Crippen MR) is 97.2 cm³/mol. The number of aromatic nitrogens is 2. The van der Waals surface area contributed by atoms with E-state index in [0.29, 0.717) is 30.0 Å². The first-order chi connectivity index (χ1) is 13.0. The molecule has 1 amide bonds. The number of thiazole rings is 1. The van der Waals surface area contributed by atoms with Crippen molar-refractivity contribution in [2.75, 3.05) is 13.1 Å². The second-order valence-electron chi connectivity index (χ2n) is 6.39. The van der Waals surface area contributed by atoms with Crippen LogP contribution in [0.5, 0.6) is 0 Å². The van der Waals surface area contributed by atoms with Crippen molar-refractivity contribution in [2.45, 2.75) is 18.4 Å². The molecule has 140 valence electrons. The molecule has 1 aromatic carbocycles. The van der Waals surface area contributed by atoms with Crippen molar-refractivity contribution in [2.24, 2.45) is 0 Å². The highest BCUT2D eigenvalue weighted by atomic mass is 32.1. The van der Waals surface area contributed by atoms with Gasteiger partial charge in [-0.25, -0.2) is 13.8 Å². The van der Waals surface area contributed by atoms with Crippen LogP contribution in [-0.4, -0.2) is 34.4 Å². The Hall–Kier alpha value is -2.65. The average molecular weight is 390 g/mol. The molecular formula is C18H16F2N4O2S. The Balaban J connectivity index is 1.60. The van der Waals surface area contributed by atoms with Gasteiger partial charge in [-0.3, -0.25) is 14.0 Å². The van der Waals surface area contributed by atoms with Gasteiger partial charge in [0.2, 0.25) is 0 Å². The summed E-state index contributed by atoms with van der Waals surface area (Å²) in [6.07, 6.45) is 3.49. The molecule has 27 heavy (non-hydrogen) atoms. The van der Waals surface area contributed by atoms with Crippen LogP contribution in [0.3, 0.4) is 0 Å². The van der Waals surface area contributed by atoms with Gasteiger partial charge in [-0.1, -0.05) is 6.07 Å². The average Bonchev–Trinajstić information content (AvgIpc) is 3.14. The standard InChI is InChI=1S/C18H16F2N4O2S/c19-13-2-1-10(7-14(13)20)11-3-4-21-9-15(11)23-16(25)12-8-22-18-24(17(12)26)5-6-27-18/h1-2,5-8,11,15,21H,3-4,9H2,(H,23,25). The molecule has 1 saturated heterocycles. The van der Waals surface area contributed by atoms with Crippen LogP contribution in [0.25, 0.3) is 4.96 Å². The summed E-state index contributed by atoms with van der Waals surface area (Å²) >= 11 is 1.30. The summed E-state index contributed by atoms with van der Waals surface area (Å²) < 4.78 is 28.2. The van der Waals surface area contributed by atoms with Gasteiger partial charge in [-0.2, -0.15) is 0 Å². The zero-order valence-corrected chi connectivity index (χ0v) is 14.9. The number of rotatable bonds is 3. The van der Waals surface area contributed by atoms with E-state index in [1.54, 1.807) is 11.6 Å². The van der Waals surface area contributed by atoms with E-state index in [1.807, 2.05) is 0 Å². The van der Waals surface area contributed by atoms with Gasteiger partial charge >= 0.3 is 0 Å². The number of fused-ring (bicyclic) bond motifs is 1. The summed E-state index contributed by atoms with van der Waals surface area (Å²) in [6.45, 7) is 1.16. The lowest BCUT2D eigenvalue weighted by molar-refractivity contribution is 0.0922. The van der Waals surface area contributed by atoms with Crippen molar-refractivity contribution in [1.29, 1.82) is 0 Å². The summed E-state index contributed by atoms with van der Waals surface area (Å²) in [5, 5.41) is 7.74. The Morgan fingerprint density at radius 3 is 3.00 bits per heavy atom. The number of halogens is 2. The van der Waals surface area contributed by atoms with Gasteiger partial charge in [0.25, 0.3) is 11.5 Å². The quantitative estimate of drug-likeness (QED) is 0.717. The van der Waals surface area contributed by atoms with E-state index in [9.17, 15) is 18.4 Å². The number of hydrogen-bond donors (Lipinski definition) is 2. The molecule has 4 rings (SSSR count). The lowest BCUT2D eigenvalue weighted by Crippen LogP contribution is -2.50. The smallest absolute Gasteiger partial charge is 0.271 e. The minimum Gasteiger partial charge on any atom is -0.347 e. The summed E-state index contributed by atoms with van der Waals surface area (Å²) in [4.78, 5) is 29.8. The molecule has 6 nitrogen and oxygen atoms in total. The molecule has 0 spiro atoms. The van der Waals surface area contributed by atoms with E-state index in [0.717, 1.165) is 6.07 Å². The lowest BCUT2D eigenvalue weighted by Gasteiger charge is -2.33. The van der Waals surface area contributed by atoms with Crippen LogP contribution in [0.1, 0.15) is 28.3 Å². The number of carbonyl (C=O) groups excluding carboxylic acids is 1. The number of nitrogens with one attached hydrogen (secondary N) is 2. The monoisotopic (exact) mass is 390 g/mol. The van der Waals surface area contributed by atoms with Crippen LogP contribution in [0.15, 0.2) is 40.8 Å². The van der Waals surface area contributed by atoms with Crippen LogP contribution in [-0.2, 0) is 0 Å². The number of amides is 1. The highest BCUT2D eigenvalue weighted by molar-refractivity contribution is 7.15. The molecule has 0 saturated carbocycles. The Bertz CT molecular complexity index is 1060. The second-order valence-corrected chi connectivity index (χ2v) is 7.26. The first-order valence-electron chi connectivity index (χ1n) is 8.46. The lowest BCUT2D eigenvalue weighted by atomic mass is 9.86. The fourth-order valence-corrected chi connectivity index (χ4v) is 4.05. The molecule has 9 heteroatoms. The molecule has 0 aliphatic carbocycles. The Labute approximate surface area is 156 Å². The normalized spacial score (nSPS) is 19.9. The fourth-order valence-electron chi connectivity index (χ4n) is 3.38. The van der Waals surface area contributed by atoms with E-state index in [-0.39, 0.29) is 17.5 Å². The van der Waals surface area contributed by atoms with Crippen LogP contribution < -0.4 is 16.2 Å². The summed E-state index contributed by atoms with van der Waals surface area (Å²) in [6, 6.07) is 3.42. The van der Waals surface area contributed by atoms with Gasteiger partial charge in [0.05, 0.1) is 0 Å². The molecule has 3 aromatic rings. The van der Waals surface area contributed by atoms with E-state index in [1.165, 1.54) is 34.1 Å². The van der Waals surface area contributed by atoms with Gasteiger partial charge < -0.3 is 10.6 Å². The third-order valence-electron chi connectivity index (χ3n) is 4.76. The van der Waals surface area contributed by atoms with Crippen LogP contribution in [0.4, 0.5) is 8.78 Å². The maximum Gasteiger partial charge on any atom is 0.271 e. The Morgan fingerprint density at radius 1 is 1.33 bits per heavy atom. The van der Waals surface area contributed by atoms with Crippen LogP contribution >= 0.6 is 11.3 Å². The molecule has 3 heterocycles. The van der Waals surface area contributed by atoms with Crippen molar-refractivity contribution in [3.8, 4) is 0 Å². The number of hydrogen-bond acceptors (Lipinski definition) is 5. The topological polar surface area (TPSA) is 75.5 Å². The second kappa shape index (κ2) is 7.16. The molecule has 1 aliphatic heterocycles. The Kier molecular flexibility index (Phi) is 4.71. The third kappa shape index (κ3) is 3.35. The van der Waals surface area contributed by atoms with Crippen molar-refractivity contribution in [3.05, 3.63) is 69.1 Å². The molecule has 1 fully saturated rings. The summed E-state index contributed by atoms with van der Waals surface area (Å²) in [5.74, 6) is -2.54. The number of nitrogens with zero attached hydrogens (tertiary/aromatic N) is 2. The van der Waals surface area contributed by atoms with Crippen molar-refractivity contribution in [1.82, 2.24) is 20.0 Å². The van der Waals surface area contributed by atoms with Crippen LogP contribution in [0, 0.1) is 11.6 Å². The van der Waals surface area contributed by atoms with Crippen LogP contribution in [0.2, 0.25) is 0 Å². The van der Waals surface area contributed by atoms with E-state index >= 15 is 0 Å². The number of carbonyl (C=O) groups is 1. The van der Waals surface area contributed by atoms with Crippen molar-refractivity contribution < 1.29 is 13.6 Å². The highest BCUT2D eigenvalue weighted by Crippen LogP contribution is 2.27. The van der Waals surface area contributed by atoms with Gasteiger partial charge in [0.1, 0.15) is 5.56 Å². The van der Waals surface area contributed by atoms with Gasteiger partial charge in [0.15, 0.2) is 16.6 Å². The van der Waals surface area contributed by atoms with E-state index in [2.05, 4.69) is 15.6 Å². The van der Waals surface area contributed by atoms with Gasteiger partial charge in [0, 0.05) is 36.3 Å². The van der Waals surface area contributed by atoms with Crippen molar-refractivity contribution >= 4 is 22.2 Å². The maximum atomic E-state index is 13.6. The summed E-state index contributed by atoms with van der Waals surface area (Å²) in [5.41, 5.74) is 0.122. The third-order valence-corrected chi connectivity index (χ3v) is 5.53.